The Morgan fingerprint density at radius 2 is 2.10 bits per heavy atom. The third kappa shape index (κ3) is 3.14. The zero-order valence-corrected chi connectivity index (χ0v) is 13.2. The topological polar surface area (TPSA) is 92.7 Å². The molecule has 0 spiro atoms. The van der Waals surface area contributed by atoms with Crippen LogP contribution in [0.5, 0.6) is 5.75 Å². The van der Waals surface area contributed by atoms with Crippen molar-refractivity contribution in [3.8, 4) is 5.75 Å². The monoisotopic (exact) mass is 333 g/mol. The van der Waals surface area contributed by atoms with Gasteiger partial charge in [-0.2, -0.15) is 4.72 Å². The first-order valence-corrected chi connectivity index (χ1v) is 8.18. The van der Waals surface area contributed by atoms with E-state index in [1.807, 2.05) is 0 Å². The van der Waals surface area contributed by atoms with E-state index in [1.54, 1.807) is 0 Å². The molecule has 21 heavy (non-hydrogen) atoms. The van der Waals surface area contributed by atoms with Gasteiger partial charge in [0.2, 0.25) is 10.0 Å². The van der Waals surface area contributed by atoms with Crippen LogP contribution in [0.1, 0.15) is 19.8 Å². The van der Waals surface area contributed by atoms with E-state index in [9.17, 15) is 18.3 Å². The number of benzene rings is 1. The molecule has 0 aromatic heterocycles. The second-order valence-electron chi connectivity index (χ2n) is 5.18. The van der Waals surface area contributed by atoms with Crippen LogP contribution >= 0.6 is 11.6 Å². The molecule has 1 fully saturated rings. The first kappa shape index (κ1) is 16.1. The van der Waals surface area contributed by atoms with E-state index in [0.29, 0.717) is 17.9 Å². The highest BCUT2D eigenvalue weighted by atomic mass is 35.5. The van der Waals surface area contributed by atoms with Gasteiger partial charge in [0.25, 0.3) is 0 Å². The van der Waals surface area contributed by atoms with Crippen molar-refractivity contribution in [2.45, 2.75) is 30.2 Å². The molecular formula is C13H16ClNO5S. The molecule has 0 radical (unpaired) electrons. The van der Waals surface area contributed by atoms with Crippen molar-refractivity contribution in [3.63, 3.8) is 0 Å². The smallest absolute Gasteiger partial charge is 0.324 e. The highest BCUT2D eigenvalue weighted by Gasteiger charge is 2.50. The van der Waals surface area contributed by atoms with Crippen LogP contribution in [-0.4, -0.2) is 32.1 Å². The number of hydrogen-bond acceptors (Lipinski definition) is 4. The predicted molar refractivity (Wildman–Crippen MR) is 77.1 cm³/mol. The van der Waals surface area contributed by atoms with Crippen molar-refractivity contribution in [1.82, 2.24) is 4.72 Å². The van der Waals surface area contributed by atoms with Gasteiger partial charge in [-0.25, -0.2) is 8.42 Å². The molecule has 116 valence electrons. The Kier molecular flexibility index (Phi) is 4.19. The van der Waals surface area contributed by atoms with E-state index in [0.717, 1.165) is 0 Å². The van der Waals surface area contributed by atoms with Gasteiger partial charge in [-0.15, -0.1) is 0 Å². The van der Waals surface area contributed by atoms with E-state index >= 15 is 0 Å². The van der Waals surface area contributed by atoms with Crippen molar-refractivity contribution in [2.24, 2.45) is 5.92 Å². The van der Waals surface area contributed by atoms with E-state index in [-0.39, 0.29) is 16.6 Å². The van der Waals surface area contributed by atoms with Crippen molar-refractivity contribution >= 4 is 27.6 Å². The van der Waals surface area contributed by atoms with E-state index in [1.165, 1.54) is 32.2 Å². The quantitative estimate of drug-likeness (QED) is 0.829. The summed E-state index contributed by atoms with van der Waals surface area (Å²) in [6.07, 6.45) is 1.37. The number of hydrogen-bond donors (Lipinski definition) is 2. The molecule has 2 N–H and O–H groups in total. The summed E-state index contributed by atoms with van der Waals surface area (Å²) in [7, 11) is -2.72. The Morgan fingerprint density at radius 3 is 2.57 bits per heavy atom. The number of sulfonamides is 1. The summed E-state index contributed by atoms with van der Waals surface area (Å²) in [5.41, 5.74) is -1.52. The molecular weight excluding hydrogens is 318 g/mol. The van der Waals surface area contributed by atoms with Gasteiger partial charge >= 0.3 is 5.97 Å². The number of carboxylic acids is 1. The number of aliphatic carboxylic acids is 1. The van der Waals surface area contributed by atoms with Crippen LogP contribution in [0.3, 0.4) is 0 Å². The molecule has 2 rings (SSSR count). The van der Waals surface area contributed by atoms with Crippen LogP contribution in [-0.2, 0) is 14.8 Å². The first-order chi connectivity index (χ1) is 9.70. The normalized spacial score (nSPS) is 18.0. The molecule has 0 heterocycles. The minimum absolute atomic E-state index is 0.0681. The van der Waals surface area contributed by atoms with Crippen LogP contribution in [0, 0.1) is 5.92 Å². The van der Waals surface area contributed by atoms with Gasteiger partial charge in [0.15, 0.2) is 0 Å². The van der Waals surface area contributed by atoms with E-state index < -0.39 is 21.5 Å². The van der Waals surface area contributed by atoms with Crippen LogP contribution < -0.4 is 9.46 Å². The molecule has 8 heteroatoms. The lowest BCUT2D eigenvalue weighted by Crippen LogP contribution is -2.53. The highest BCUT2D eigenvalue weighted by molar-refractivity contribution is 7.89. The average molecular weight is 334 g/mol. The van der Waals surface area contributed by atoms with Gasteiger partial charge in [-0.05, 0) is 37.8 Å². The SMILES string of the molecule is COc1cc(Cl)ccc1S(=O)(=O)NC(C)(C(=O)O)C1CC1. The minimum atomic E-state index is -4.04. The molecule has 1 aromatic carbocycles. The lowest BCUT2D eigenvalue weighted by atomic mass is 9.98. The second kappa shape index (κ2) is 5.47. The maximum atomic E-state index is 12.5. The molecule has 0 bridgehead atoms. The lowest BCUT2D eigenvalue weighted by Gasteiger charge is -2.26. The minimum Gasteiger partial charge on any atom is -0.495 e. The van der Waals surface area contributed by atoms with Gasteiger partial charge in [-0.3, -0.25) is 4.79 Å². The van der Waals surface area contributed by atoms with E-state index in [4.69, 9.17) is 16.3 Å². The van der Waals surface area contributed by atoms with Crippen LogP contribution in [0.15, 0.2) is 23.1 Å². The third-order valence-electron chi connectivity index (χ3n) is 3.60. The average Bonchev–Trinajstić information content (AvgIpc) is 3.21. The fourth-order valence-corrected chi connectivity index (χ4v) is 3.90. The van der Waals surface area contributed by atoms with Gasteiger partial charge in [0.05, 0.1) is 7.11 Å². The van der Waals surface area contributed by atoms with Gasteiger partial charge in [0.1, 0.15) is 16.2 Å². The number of methoxy groups -OCH3 is 1. The largest absolute Gasteiger partial charge is 0.495 e. The number of carbonyl (C=O) groups is 1. The summed E-state index contributed by atoms with van der Waals surface area (Å²) in [6.45, 7) is 1.38. The summed E-state index contributed by atoms with van der Waals surface area (Å²) < 4.78 is 32.3. The molecule has 1 aliphatic rings. The fraction of sp³-hybridized carbons (Fsp3) is 0.462. The molecule has 6 nitrogen and oxygen atoms in total. The summed E-state index contributed by atoms with van der Waals surface area (Å²) >= 11 is 5.80. The molecule has 1 saturated carbocycles. The summed E-state index contributed by atoms with van der Waals surface area (Å²) in [4.78, 5) is 11.3. The summed E-state index contributed by atoms with van der Waals surface area (Å²) in [5, 5.41) is 9.67. The first-order valence-electron chi connectivity index (χ1n) is 6.31. The maximum Gasteiger partial charge on any atom is 0.324 e. The zero-order valence-electron chi connectivity index (χ0n) is 11.6. The standard InChI is InChI=1S/C13H16ClNO5S/c1-13(12(16)17,8-3-4-8)15-21(18,19)11-6-5-9(14)7-10(11)20-2/h5-8,15H,3-4H2,1-2H3,(H,16,17). The number of ether oxygens (including phenoxy) is 1. The van der Waals surface area contributed by atoms with Gasteiger partial charge < -0.3 is 9.84 Å². The molecule has 0 aliphatic heterocycles. The number of halogens is 1. The fourth-order valence-electron chi connectivity index (χ4n) is 2.16. The number of carboxylic acid groups (broad SMARTS) is 1. The van der Waals surface area contributed by atoms with Gasteiger partial charge in [-0.1, -0.05) is 11.6 Å². The summed E-state index contributed by atoms with van der Waals surface area (Å²) in [6, 6.07) is 4.07. The molecule has 1 aromatic rings. The maximum absolute atomic E-state index is 12.5. The number of nitrogens with one attached hydrogen (secondary N) is 1. The van der Waals surface area contributed by atoms with Crippen molar-refractivity contribution < 1.29 is 23.1 Å². The Balaban J connectivity index is 2.41. The van der Waals surface area contributed by atoms with Gasteiger partial charge in [0, 0.05) is 11.1 Å². The number of rotatable bonds is 6. The molecule has 1 aliphatic carbocycles. The van der Waals surface area contributed by atoms with E-state index in [2.05, 4.69) is 4.72 Å². The Hall–Kier alpha value is -1.31. The van der Waals surface area contributed by atoms with Crippen LogP contribution in [0.4, 0.5) is 0 Å². The molecule has 1 atom stereocenters. The Bertz CT molecular complexity index is 671. The zero-order chi connectivity index (χ0) is 15.8. The molecule has 0 amide bonds. The van der Waals surface area contributed by atoms with Crippen molar-refractivity contribution in [3.05, 3.63) is 23.2 Å². The highest BCUT2D eigenvalue weighted by Crippen LogP contribution is 2.41. The van der Waals surface area contributed by atoms with Crippen molar-refractivity contribution in [1.29, 1.82) is 0 Å². The third-order valence-corrected chi connectivity index (χ3v) is 5.44. The summed E-state index contributed by atoms with van der Waals surface area (Å²) in [5.74, 6) is -1.33. The predicted octanol–water partition coefficient (Wildman–Crippen LogP) is 1.88. The second-order valence-corrected chi connectivity index (χ2v) is 7.27. The molecule has 0 saturated heterocycles. The Morgan fingerprint density at radius 1 is 1.48 bits per heavy atom. The molecule has 1 unspecified atom stereocenters. The van der Waals surface area contributed by atoms with Crippen LogP contribution in [0.2, 0.25) is 5.02 Å². The Labute approximate surface area is 128 Å². The lowest BCUT2D eigenvalue weighted by molar-refractivity contribution is -0.144. The van der Waals surface area contributed by atoms with Crippen LogP contribution in [0.25, 0.3) is 0 Å². The van der Waals surface area contributed by atoms with Crippen molar-refractivity contribution in [2.75, 3.05) is 7.11 Å².